The summed E-state index contributed by atoms with van der Waals surface area (Å²) in [5.41, 5.74) is 4.48. The van der Waals surface area contributed by atoms with Gasteiger partial charge in [-0.25, -0.2) is 24.1 Å². The molecule has 1 aliphatic heterocycles. The van der Waals surface area contributed by atoms with Crippen LogP contribution in [-0.2, 0) is 24.2 Å². The highest BCUT2D eigenvalue weighted by Crippen LogP contribution is 2.20. The summed E-state index contributed by atoms with van der Waals surface area (Å²) in [6.07, 6.45) is 7.48. The van der Waals surface area contributed by atoms with Gasteiger partial charge in [0.05, 0.1) is 24.6 Å². The first-order valence-electron chi connectivity index (χ1n) is 13.3. The van der Waals surface area contributed by atoms with Gasteiger partial charge in [0.15, 0.2) is 5.82 Å². The van der Waals surface area contributed by atoms with Gasteiger partial charge in [-0.05, 0) is 76.6 Å². The minimum atomic E-state index is -0.997. The zero-order valence-electron chi connectivity index (χ0n) is 22.2. The number of nitrogens with zero attached hydrogens (tertiary/aromatic N) is 6. The number of rotatable bonds is 14. The van der Waals surface area contributed by atoms with Crippen LogP contribution in [0.25, 0.3) is 0 Å². The second-order valence-corrected chi connectivity index (χ2v) is 9.84. The van der Waals surface area contributed by atoms with E-state index < -0.39 is 17.8 Å². The van der Waals surface area contributed by atoms with Gasteiger partial charge in [-0.3, -0.25) is 4.68 Å². The molecule has 4 rings (SSSR count). The highest BCUT2D eigenvalue weighted by Gasteiger charge is 2.20. The van der Waals surface area contributed by atoms with Crippen molar-refractivity contribution < 1.29 is 14.3 Å². The molecular weight excluding hydrogens is 487 g/mol. The third kappa shape index (κ3) is 7.95. The number of aliphatic carboxylic acids is 1. The van der Waals surface area contributed by atoms with Crippen LogP contribution in [0.5, 0.6) is 0 Å². The molecule has 3 aromatic rings. The number of hydrogen-bond donors (Lipinski definition) is 3. The molecule has 1 atom stereocenters. The maximum Gasteiger partial charge on any atom is 0.326 e. The van der Waals surface area contributed by atoms with E-state index in [9.17, 15) is 14.3 Å². The first kappa shape index (κ1) is 27.4. The molecule has 0 saturated heterocycles. The van der Waals surface area contributed by atoms with Gasteiger partial charge in [0.2, 0.25) is 5.95 Å². The van der Waals surface area contributed by atoms with Crippen molar-refractivity contribution in [3.8, 4) is 0 Å². The van der Waals surface area contributed by atoms with Crippen molar-refractivity contribution in [1.29, 1.82) is 0 Å². The molecule has 0 spiro atoms. The van der Waals surface area contributed by atoms with E-state index in [-0.39, 0.29) is 5.95 Å². The Morgan fingerprint density at radius 1 is 1.21 bits per heavy atom. The Balaban J connectivity index is 1.32. The van der Waals surface area contributed by atoms with Crippen LogP contribution in [0, 0.1) is 19.7 Å². The summed E-state index contributed by atoms with van der Waals surface area (Å²) in [7, 11) is 0. The highest BCUT2D eigenvalue weighted by atomic mass is 19.1. The molecule has 0 radical (unpaired) electrons. The number of aryl methyl sites for hydroxylation is 4. The lowest BCUT2D eigenvalue weighted by atomic mass is 10.1. The van der Waals surface area contributed by atoms with Crippen molar-refractivity contribution in [1.82, 2.24) is 29.6 Å². The number of fused-ring (bicyclic) bond motifs is 1. The van der Waals surface area contributed by atoms with E-state index >= 15 is 0 Å². The van der Waals surface area contributed by atoms with E-state index in [1.165, 1.54) is 5.56 Å². The number of carbonyl (C=O) groups is 1. The lowest BCUT2D eigenvalue weighted by molar-refractivity contribution is -0.138. The summed E-state index contributed by atoms with van der Waals surface area (Å²) >= 11 is 0. The van der Waals surface area contributed by atoms with Crippen LogP contribution in [0.1, 0.15) is 48.3 Å². The number of halogens is 1. The first-order chi connectivity index (χ1) is 18.4. The molecule has 10 nitrogen and oxygen atoms in total. The second kappa shape index (κ2) is 13.3. The van der Waals surface area contributed by atoms with E-state index in [4.69, 9.17) is 4.98 Å². The minimum absolute atomic E-state index is 0.0973. The largest absolute Gasteiger partial charge is 0.480 e. The average molecular weight is 525 g/mol. The normalized spacial score (nSPS) is 13.7. The van der Waals surface area contributed by atoms with Gasteiger partial charge in [0, 0.05) is 31.0 Å². The van der Waals surface area contributed by atoms with Crippen LogP contribution in [0.4, 0.5) is 16.2 Å². The number of carboxylic acid groups (broad SMARTS) is 1. The standard InChI is InChI=1S/C27H37FN8O2/c1-19-16-20(2)36(34-19)15-14-35(13-10-24(26(37)38)33-27-30-17-22(28)18-31-27)12-4-3-7-23-9-8-21-6-5-11-29-25(21)32-23/h8-9,16-18,24H,3-7,10-15H2,1-2H3,(H,29,32)(H,37,38)(H,30,31,33)/t24-/m0/s1. The van der Waals surface area contributed by atoms with Crippen molar-refractivity contribution in [3.63, 3.8) is 0 Å². The van der Waals surface area contributed by atoms with Crippen LogP contribution in [0.15, 0.2) is 30.6 Å². The Bertz CT molecular complexity index is 1200. The number of pyridine rings is 1. The molecule has 0 amide bonds. The summed E-state index contributed by atoms with van der Waals surface area (Å²) in [5.74, 6) is -0.444. The van der Waals surface area contributed by atoms with Gasteiger partial charge in [-0.15, -0.1) is 0 Å². The second-order valence-electron chi connectivity index (χ2n) is 9.84. The maximum atomic E-state index is 13.1. The van der Waals surface area contributed by atoms with E-state index in [0.29, 0.717) is 13.0 Å². The molecular formula is C27H37FN8O2. The molecule has 4 heterocycles. The molecule has 0 bridgehead atoms. The van der Waals surface area contributed by atoms with E-state index in [2.05, 4.69) is 48.8 Å². The van der Waals surface area contributed by atoms with Crippen LogP contribution < -0.4 is 10.6 Å². The molecule has 204 valence electrons. The van der Waals surface area contributed by atoms with E-state index in [1.54, 1.807) is 0 Å². The Hall–Kier alpha value is -3.60. The smallest absolute Gasteiger partial charge is 0.326 e. The summed E-state index contributed by atoms with van der Waals surface area (Å²) < 4.78 is 15.1. The zero-order chi connectivity index (χ0) is 26.9. The highest BCUT2D eigenvalue weighted by molar-refractivity contribution is 5.76. The Morgan fingerprint density at radius 3 is 2.76 bits per heavy atom. The molecule has 11 heteroatoms. The third-order valence-corrected chi connectivity index (χ3v) is 6.80. The number of nitrogens with one attached hydrogen (secondary N) is 2. The monoisotopic (exact) mass is 524 g/mol. The number of anilines is 2. The molecule has 0 saturated carbocycles. The van der Waals surface area contributed by atoms with Gasteiger partial charge in [0.25, 0.3) is 0 Å². The Labute approximate surface area is 222 Å². The SMILES string of the molecule is Cc1cc(C)n(CCN(CCCCc2ccc3c(n2)NCCC3)CC[C@H](Nc2ncc(F)cn2)C(=O)O)n1. The van der Waals surface area contributed by atoms with E-state index in [1.807, 2.05) is 18.5 Å². The van der Waals surface area contributed by atoms with E-state index in [0.717, 1.165) is 93.6 Å². The third-order valence-electron chi connectivity index (χ3n) is 6.80. The maximum absolute atomic E-state index is 13.1. The van der Waals surface area contributed by atoms with Crippen LogP contribution in [-0.4, -0.2) is 72.9 Å². The predicted octanol–water partition coefficient (Wildman–Crippen LogP) is 3.46. The van der Waals surface area contributed by atoms with Gasteiger partial charge in [0.1, 0.15) is 11.9 Å². The molecule has 0 unspecified atom stereocenters. The van der Waals surface area contributed by atoms with Crippen molar-refractivity contribution in [2.24, 2.45) is 0 Å². The van der Waals surface area contributed by atoms with Crippen LogP contribution in [0.3, 0.4) is 0 Å². The first-order valence-corrected chi connectivity index (χ1v) is 13.3. The van der Waals surface area contributed by atoms with Gasteiger partial charge < -0.3 is 20.6 Å². The number of unbranched alkanes of at least 4 members (excludes halogenated alkanes) is 1. The topological polar surface area (TPSA) is 121 Å². The number of carboxylic acids is 1. The Morgan fingerprint density at radius 2 is 2.03 bits per heavy atom. The van der Waals surface area contributed by atoms with Gasteiger partial charge >= 0.3 is 5.97 Å². The molecule has 3 N–H and O–H groups in total. The fourth-order valence-corrected chi connectivity index (χ4v) is 4.73. The number of hydrogen-bond acceptors (Lipinski definition) is 8. The predicted molar refractivity (Wildman–Crippen MR) is 144 cm³/mol. The molecule has 3 aromatic heterocycles. The van der Waals surface area contributed by atoms with Crippen LogP contribution in [0.2, 0.25) is 0 Å². The Kier molecular flexibility index (Phi) is 9.58. The average Bonchev–Trinajstić information content (AvgIpc) is 3.24. The summed E-state index contributed by atoms with van der Waals surface area (Å²) in [6, 6.07) is 5.49. The fraction of sp³-hybridized carbons (Fsp3) is 0.519. The summed E-state index contributed by atoms with van der Waals surface area (Å²) in [5, 5.41) is 20.5. The fourth-order valence-electron chi connectivity index (χ4n) is 4.73. The van der Waals surface area contributed by atoms with Crippen LogP contribution >= 0.6 is 0 Å². The molecule has 0 aliphatic carbocycles. The molecule has 38 heavy (non-hydrogen) atoms. The van der Waals surface area contributed by atoms with Crippen molar-refractivity contribution in [3.05, 3.63) is 59.1 Å². The van der Waals surface area contributed by atoms with Crippen molar-refractivity contribution in [2.45, 2.75) is 65.0 Å². The lowest BCUT2D eigenvalue weighted by Crippen LogP contribution is -2.37. The van der Waals surface area contributed by atoms with Crippen molar-refractivity contribution in [2.75, 3.05) is 36.8 Å². The molecule has 0 aromatic carbocycles. The van der Waals surface area contributed by atoms with Gasteiger partial charge in [-0.2, -0.15) is 5.10 Å². The lowest BCUT2D eigenvalue weighted by Gasteiger charge is -2.24. The molecule has 1 aliphatic rings. The molecule has 0 fully saturated rings. The zero-order valence-corrected chi connectivity index (χ0v) is 22.2. The summed E-state index contributed by atoms with van der Waals surface area (Å²) in [6.45, 7) is 7.89. The summed E-state index contributed by atoms with van der Waals surface area (Å²) in [4.78, 5) is 26.6. The minimum Gasteiger partial charge on any atom is -0.480 e. The number of aromatic nitrogens is 5. The quantitative estimate of drug-likeness (QED) is 0.272. The van der Waals surface area contributed by atoms with Crippen molar-refractivity contribution >= 4 is 17.7 Å². The van der Waals surface area contributed by atoms with Gasteiger partial charge in [-0.1, -0.05) is 6.07 Å².